The van der Waals surface area contributed by atoms with E-state index in [1.165, 1.54) is 70.4 Å². The quantitative estimate of drug-likeness (QED) is 0.193. The van der Waals surface area contributed by atoms with Crippen LogP contribution in [0.4, 0.5) is 0 Å². The summed E-state index contributed by atoms with van der Waals surface area (Å²) in [4.78, 5) is 10.5. The molecule has 4 nitrogen and oxygen atoms in total. The molecule has 0 fully saturated rings. The summed E-state index contributed by atoms with van der Waals surface area (Å²) >= 11 is 0. The second kappa shape index (κ2) is 7.87. The third-order valence-electron chi connectivity index (χ3n) is 10.4. The molecule has 46 heavy (non-hydrogen) atoms. The standard InChI is InChI=1S/C42H22N4/c1-2-10-25-20-34-31(19-24(25)9-1)39-38-27-14-4-6-18-33(27)45(35(38)21-30-26-13-3-5-17-32(26)46(34)42(30)39)36-22-43-40-28-15-7-11-23-12-8-16-29(37(23)28)41(40)44-36/h1-22H. The van der Waals surface area contributed by atoms with Crippen molar-refractivity contribution in [1.29, 1.82) is 0 Å². The van der Waals surface area contributed by atoms with Crippen molar-refractivity contribution in [2.24, 2.45) is 0 Å². The van der Waals surface area contributed by atoms with Gasteiger partial charge in [0.25, 0.3) is 0 Å². The topological polar surface area (TPSA) is 35.1 Å². The van der Waals surface area contributed by atoms with Gasteiger partial charge in [-0.15, -0.1) is 0 Å². The molecule has 210 valence electrons. The highest BCUT2D eigenvalue weighted by Crippen LogP contribution is 2.48. The van der Waals surface area contributed by atoms with Crippen LogP contribution in [0.2, 0.25) is 0 Å². The van der Waals surface area contributed by atoms with Crippen LogP contribution in [0.15, 0.2) is 134 Å². The smallest absolute Gasteiger partial charge is 0.156 e. The van der Waals surface area contributed by atoms with Gasteiger partial charge in [0.15, 0.2) is 5.82 Å². The molecular weight excluding hydrogens is 560 g/mol. The van der Waals surface area contributed by atoms with E-state index in [2.05, 4.69) is 136 Å². The van der Waals surface area contributed by atoms with Gasteiger partial charge in [0, 0.05) is 48.8 Å². The molecule has 0 amide bonds. The van der Waals surface area contributed by atoms with Gasteiger partial charge in [0.05, 0.1) is 45.2 Å². The summed E-state index contributed by atoms with van der Waals surface area (Å²) in [6.07, 6.45) is 1.96. The molecule has 0 radical (unpaired) electrons. The fourth-order valence-electron chi connectivity index (χ4n) is 8.55. The zero-order chi connectivity index (χ0) is 29.7. The molecule has 0 N–H and O–H groups in total. The fourth-order valence-corrected chi connectivity index (χ4v) is 8.55. The molecule has 12 rings (SSSR count). The summed E-state index contributed by atoms with van der Waals surface area (Å²) in [6, 6.07) is 46.4. The number of aromatic nitrogens is 4. The predicted molar refractivity (Wildman–Crippen MR) is 190 cm³/mol. The molecule has 4 heteroatoms. The van der Waals surface area contributed by atoms with Gasteiger partial charge >= 0.3 is 0 Å². The van der Waals surface area contributed by atoms with E-state index >= 15 is 0 Å². The Morgan fingerprint density at radius 1 is 0.435 bits per heavy atom. The maximum absolute atomic E-state index is 5.41. The number of fused-ring (bicyclic) bond motifs is 14. The van der Waals surface area contributed by atoms with Crippen molar-refractivity contribution in [3.05, 3.63) is 134 Å². The lowest BCUT2D eigenvalue weighted by molar-refractivity contribution is 1.05. The number of para-hydroxylation sites is 2. The maximum atomic E-state index is 5.41. The molecule has 1 aliphatic rings. The van der Waals surface area contributed by atoms with Gasteiger partial charge in [0.2, 0.25) is 0 Å². The van der Waals surface area contributed by atoms with Gasteiger partial charge in [-0.1, -0.05) is 97.1 Å². The van der Waals surface area contributed by atoms with Gasteiger partial charge in [-0.05, 0) is 46.5 Å². The number of benzene rings is 7. The van der Waals surface area contributed by atoms with E-state index in [0.717, 1.165) is 39.4 Å². The van der Waals surface area contributed by atoms with Crippen LogP contribution in [0.3, 0.4) is 0 Å². The zero-order valence-electron chi connectivity index (χ0n) is 24.5. The Balaban J connectivity index is 1.28. The van der Waals surface area contributed by atoms with E-state index in [0.29, 0.717) is 0 Å². The summed E-state index contributed by atoms with van der Waals surface area (Å²) < 4.78 is 4.82. The SMILES string of the molecule is c1ccc2cc3c(cc2c1)c1c2c4ccccc4n(-c4cnc5c(n4)-c4cccc6cccc-5c46)c2cc2c4ccccc4n3c21. The second-order valence-electron chi connectivity index (χ2n) is 12.6. The monoisotopic (exact) mass is 582 g/mol. The lowest BCUT2D eigenvalue weighted by Gasteiger charge is -2.09. The average molecular weight is 583 g/mol. The Labute approximate surface area is 261 Å². The number of nitrogens with zero attached hydrogens (tertiary/aromatic N) is 4. The minimum absolute atomic E-state index is 0.835. The molecule has 0 atom stereocenters. The van der Waals surface area contributed by atoms with E-state index < -0.39 is 0 Å². The van der Waals surface area contributed by atoms with Crippen LogP contribution in [0.1, 0.15) is 0 Å². The summed E-state index contributed by atoms with van der Waals surface area (Å²) in [5.41, 5.74) is 10.3. The third-order valence-corrected chi connectivity index (χ3v) is 10.4. The molecule has 1 aliphatic carbocycles. The number of rotatable bonds is 1. The summed E-state index contributed by atoms with van der Waals surface area (Å²) in [6.45, 7) is 0. The first-order valence-corrected chi connectivity index (χ1v) is 15.8. The van der Waals surface area contributed by atoms with Crippen LogP contribution in [-0.2, 0) is 0 Å². The van der Waals surface area contributed by atoms with Crippen molar-refractivity contribution in [2.75, 3.05) is 0 Å². The van der Waals surface area contributed by atoms with E-state index in [1.54, 1.807) is 0 Å². The van der Waals surface area contributed by atoms with Crippen molar-refractivity contribution >= 4 is 81.4 Å². The first kappa shape index (κ1) is 23.2. The summed E-state index contributed by atoms with van der Waals surface area (Å²) in [7, 11) is 0. The molecule has 0 unspecified atom stereocenters. The molecule has 0 saturated carbocycles. The van der Waals surface area contributed by atoms with Crippen LogP contribution >= 0.6 is 0 Å². The van der Waals surface area contributed by atoms with E-state index in [4.69, 9.17) is 9.97 Å². The van der Waals surface area contributed by atoms with Crippen molar-refractivity contribution in [3.63, 3.8) is 0 Å². The minimum Gasteiger partial charge on any atom is -0.308 e. The van der Waals surface area contributed by atoms with Crippen LogP contribution in [0.5, 0.6) is 0 Å². The Morgan fingerprint density at radius 3 is 1.98 bits per heavy atom. The van der Waals surface area contributed by atoms with Crippen LogP contribution in [0, 0.1) is 0 Å². The van der Waals surface area contributed by atoms with E-state index in [-0.39, 0.29) is 0 Å². The van der Waals surface area contributed by atoms with Crippen molar-refractivity contribution < 1.29 is 0 Å². The number of hydrogen-bond acceptors (Lipinski definition) is 2. The predicted octanol–water partition coefficient (Wildman–Crippen LogP) is 10.7. The molecule has 0 aliphatic heterocycles. The molecule has 0 saturated heterocycles. The Hall–Kier alpha value is -6.26. The highest BCUT2D eigenvalue weighted by atomic mass is 15.1. The second-order valence-corrected chi connectivity index (χ2v) is 12.6. The summed E-state index contributed by atoms with van der Waals surface area (Å²) in [5.74, 6) is 0.835. The summed E-state index contributed by atoms with van der Waals surface area (Å²) in [5, 5.41) is 12.5. The van der Waals surface area contributed by atoms with Crippen molar-refractivity contribution in [3.8, 4) is 28.3 Å². The van der Waals surface area contributed by atoms with Gasteiger partial charge in [-0.25, -0.2) is 4.98 Å². The third kappa shape index (κ3) is 2.61. The molecule has 0 bridgehead atoms. The van der Waals surface area contributed by atoms with Crippen LogP contribution in [-0.4, -0.2) is 18.9 Å². The lowest BCUT2D eigenvalue weighted by atomic mass is 10.0. The Bertz CT molecular complexity index is 3140. The molecule has 11 aromatic rings. The molecule has 4 heterocycles. The Kier molecular flexibility index (Phi) is 3.96. The van der Waals surface area contributed by atoms with Gasteiger partial charge in [-0.2, -0.15) is 0 Å². The highest BCUT2D eigenvalue weighted by molar-refractivity contribution is 6.36. The van der Waals surface area contributed by atoms with Gasteiger partial charge in [-0.3, -0.25) is 9.55 Å². The first-order valence-electron chi connectivity index (χ1n) is 15.8. The molecule has 0 spiro atoms. The molecule has 7 aromatic carbocycles. The van der Waals surface area contributed by atoms with Crippen LogP contribution in [0.25, 0.3) is 110 Å². The van der Waals surface area contributed by atoms with Crippen molar-refractivity contribution in [2.45, 2.75) is 0 Å². The van der Waals surface area contributed by atoms with Gasteiger partial charge < -0.3 is 4.40 Å². The van der Waals surface area contributed by atoms with E-state index in [9.17, 15) is 0 Å². The highest BCUT2D eigenvalue weighted by Gasteiger charge is 2.27. The largest absolute Gasteiger partial charge is 0.308 e. The van der Waals surface area contributed by atoms with Crippen molar-refractivity contribution in [1.82, 2.24) is 18.9 Å². The lowest BCUT2D eigenvalue weighted by Crippen LogP contribution is -2.00. The molecule has 4 aromatic heterocycles. The van der Waals surface area contributed by atoms with Gasteiger partial charge in [0.1, 0.15) is 0 Å². The minimum atomic E-state index is 0.835. The number of hydrogen-bond donors (Lipinski definition) is 0. The van der Waals surface area contributed by atoms with E-state index in [1.807, 2.05) is 6.20 Å². The molecular formula is C42H22N4. The average Bonchev–Trinajstić information content (AvgIpc) is 3.82. The fraction of sp³-hybridized carbons (Fsp3) is 0. The Morgan fingerprint density at radius 2 is 1.13 bits per heavy atom. The maximum Gasteiger partial charge on any atom is 0.156 e. The first-order chi connectivity index (χ1) is 22.8. The normalized spacial score (nSPS) is 12.8. The van der Waals surface area contributed by atoms with Crippen LogP contribution < -0.4 is 0 Å². The zero-order valence-corrected chi connectivity index (χ0v) is 24.5.